The van der Waals surface area contributed by atoms with Gasteiger partial charge >= 0.3 is 0 Å². The van der Waals surface area contributed by atoms with E-state index >= 15 is 0 Å². The van der Waals surface area contributed by atoms with Crippen LogP contribution in [0.2, 0.25) is 10.0 Å². The molecule has 0 atom stereocenters. The number of aromatic nitrogens is 2. The van der Waals surface area contributed by atoms with Crippen molar-refractivity contribution in [3.8, 4) is 11.3 Å². The smallest absolute Gasteiger partial charge is 0.269 e. The van der Waals surface area contributed by atoms with Crippen LogP contribution < -0.4 is 5.56 Å². The number of halogens is 2. The van der Waals surface area contributed by atoms with Crippen LogP contribution in [0, 0.1) is 6.92 Å². The van der Waals surface area contributed by atoms with E-state index in [1.54, 1.807) is 26.1 Å². The first-order valence-corrected chi connectivity index (χ1v) is 5.48. The molecule has 0 aliphatic rings. The first-order chi connectivity index (χ1) is 7.52. The summed E-state index contributed by atoms with van der Waals surface area (Å²) in [5, 5.41) is 3.89. The molecule has 0 amide bonds. The van der Waals surface area contributed by atoms with Gasteiger partial charge in [0.05, 0.1) is 15.7 Å². The van der Waals surface area contributed by atoms with Gasteiger partial charge in [-0.3, -0.25) is 14.6 Å². The van der Waals surface area contributed by atoms with Crippen molar-refractivity contribution in [1.82, 2.24) is 9.78 Å². The lowest BCUT2D eigenvalue weighted by molar-refractivity contribution is 0.741. The van der Waals surface area contributed by atoms with Crippen molar-refractivity contribution in [3.63, 3.8) is 0 Å². The highest BCUT2D eigenvalue weighted by Gasteiger charge is 2.13. The molecule has 0 bridgehead atoms. The zero-order chi connectivity index (χ0) is 11.9. The van der Waals surface area contributed by atoms with Crippen LogP contribution in [-0.2, 0) is 7.05 Å². The Morgan fingerprint density at radius 2 is 2.00 bits per heavy atom. The summed E-state index contributed by atoms with van der Waals surface area (Å²) < 4.78 is 1.42. The van der Waals surface area contributed by atoms with Crippen LogP contribution in [0.5, 0.6) is 0 Å². The average Bonchev–Trinajstić information content (AvgIpc) is 2.50. The van der Waals surface area contributed by atoms with E-state index in [9.17, 15) is 4.79 Å². The number of aryl methyl sites for hydroxylation is 1. The summed E-state index contributed by atoms with van der Waals surface area (Å²) in [6.07, 6.45) is 0. The third-order valence-corrected chi connectivity index (χ3v) is 3.32. The second-order valence-electron chi connectivity index (χ2n) is 3.58. The maximum atomic E-state index is 11.6. The zero-order valence-electron chi connectivity index (χ0n) is 8.84. The van der Waals surface area contributed by atoms with Gasteiger partial charge in [-0.2, -0.15) is 0 Å². The van der Waals surface area contributed by atoms with Crippen LogP contribution in [0.3, 0.4) is 0 Å². The molecule has 0 aliphatic heterocycles. The average molecular weight is 257 g/mol. The molecular formula is C11H10Cl2N2O. The molecule has 0 fully saturated rings. The molecule has 0 unspecified atom stereocenters. The van der Waals surface area contributed by atoms with Gasteiger partial charge in [0, 0.05) is 18.2 Å². The molecule has 1 heterocycles. The van der Waals surface area contributed by atoms with Crippen molar-refractivity contribution in [2.45, 2.75) is 6.92 Å². The summed E-state index contributed by atoms with van der Waals surface area (Å²) in [5.74, 6) is 0. The number of nitrogens with one attached hydrogen (secondary N) is 1. The molecule has 0 saturated heterocycles. The predicted molar refractivity (Wildman–Crippen MR) is 66.2 cm³/mol. The number of rotatable bonds is 1. The maximum Gasteiger partial charge on any atom is 0.269 e. The minimum atomic E-state index is -0.0638. The molecule has 5 heteroatoms. The maximum absolute atomic E-state index is 11.6. The normalized spacial score (nSPS) is 10.8. The quantitative estimate of drug-likeness (QED) is 0.837. The number of aromatic amines is 1. The largest absolute Gasteiger partial charge is 0.295 e. The van der Waals surface area contributed by atoms with Gasteiger partial charge in [0.2, 0.25) is 0 Å². The van der Waals surface area contributed by atoms with Gasteiger partial charge in [0.1, 0.15) is 0 Å². The Hall–Kier alpha value is -1.19. The topological polar surface area (TPSA) is 37.8 Å². The van der Waals surface area contributed by atoms with E-state index in [1.165, 1.54) is 4.68 Å². The van der Waals surface area contributed by atoms with Crippen LogP contribution in [0.4, 0.5) is 0 Å². The summed E-state index contributed by atoms with van der Waals surface area (Å²) in [7, 11) is 1.66. The Balaban J connectivity index is 2.73. The van der Waals surface area contributed by atoms with E-state index in [2.05, 4.69) is 5.10 Å². The van der Waals surface area contributed by atoms with E-state index in [1.807, 2.05) is 6.07 Å². The Kier molecular flexibility index (Phi) is 2.82. The molecule has 1 aromatic heterocycles. The second kappa shape index (κ2) is 4.00. The molecule has 84 valence electrons. The standard InChI is InChI=1S/C11H10Cl2N2O/c1-6-10(14-15(2)11(6)16)7-4-3-5-8(12)9(7)13/h3-5,14H,1-2H3. The number of hydrogen-bond acceptors (Lipinski definition) is 1. The fourth-order valence-corrected chi connectivity index (χ4v) is 2.01. The molecule has 1 N–H and O–H groups in total. The fraction of sp³-hybridized carbons (Fsp3) is 0.182. The van der Waals surface area contributed by atoms with Gasteiger partial charge in [-0.05, 0) is 13.0 Å². The van der Waals surface area contributed by atoms with E-state index in [-0.39, 0.29) is 5.56 Å². The van der Waals surface area contributed by atoms with Crippen molar-refractivity contribution in [1.29, 1.82) is 0 Å². The number of H-pyrrole nitrogens is 1. The summed E-state index contributed by atoms with van der Waals surface area (Å²) in [6.45, 7) is 1.76. The van der Waals surface area contributed by atoms with E-state index < -0.39 is 0 Å². The van der Waals surface area contributed by atoms with Gasteiger partial charge in [0.25, 0.3) is 5.56 Å². The zero-order valence-corrected chi connectivity index (χ0v) is 10.4. The second-order valence-corrected chi connectivity index (χ2v) is 4.36. The van der Waals surface area contributed by atoms with E-state index in [0.29, 0.717) is 21.3 Å². The molecule has 0 aliphatic carbocycles. The highest BCUT2D eigenvalue weighted by atomic mass is 35.5. The summed E-state index contributed by atoms with van der Waals surface area (Å²) in [5.41, 5.74) is 2.02. The van der Waals surface area contributed by atoms with Crippen molar-refractivity contribution < 1.29 is 0 Å². The van der Waals surface area contributed by atoms with Crippen LogP contribution in [-0.4, -0.2) is 9.78 Å². The van der Waals surface area contributed by atoms with E-state index in [4.69, 9.17) is 23.2 Å². The molecule has 2 rings (SSSR count). The Labute approximate surface area is 103 Å². The number of benzene rings is 1. The summed E-state index contributed by atoms with van der Waals surface area (Å²) in [6, 6.07) is 5.34. The van der Waals surface area contributed by atoms with Gasteiger partial charge < -0.3 is 0 Å². The third-order valence-electron chi connectivity index (χ3n) is 2.50. The number of hydrogen-bond donors (Lipinski definition) is 1. The molecule has 1 aromatic carbocycles. The van der Waals surface area contributed by atoms with Crippen LogP contribution in [0.25, 0.3) is 11.3 Å². The predicted octanol–water partition coefficient (Wildman–Crippen LogP) is 3.00. The van der Waals surface area contributed by atoms with Crippen molar-refractivity contribution in [3.05, 3.63) is 44.2 Å². The van der Waals surface area contributed by atoms with Crippen molar-refractivity contribution in [2.75, 3.05) is 0 Å². The Bertz CT molecular complexity index is 599. The van der Waals surface area contributed by atoms with Crippen LogP contribution >= 0.6 is 23.2 Å². The first kappa shape index (κ1) is 11.3. The SMILES string of the molecule is Cc1c(-c2cccc(Cl)c2Cl)[nH]n(C)c1=O. The van der Waals surface area contributed by atoms with Gasteiger partial charge in [-0.25, -0.2) is 0 Å². The summed E-state index contributed by atoms with van der Waals surface area (Å²) in [4.78, 5) is 11.6. The molecule has 3 nitrogen and oxygen atoms in total. The highest BCUT2D eigenvalue weighted by molar-refractivity contribution is 6.43. The lowest BCUT2D eigenvalue weighted by Gasteiger charge is -2.04. The molecule has 16 heavy (non-hydrogen) atoms. The van der Waals surface area contributed by atoms with Crippen LogP contribution in [0.1, 0.15) is 5.56 Å². The first-order valence-electron chi connectivity index (χ1n) is 4.72. The molecule has 0 spiro atoms. The highest BCUT2D eigenvalue weighted by Crippen LogP contribution is 2.33. The minimum absolute atomic E-state index is 0.0638. The van der Waals surface area contributed by atoms with Gasteiger partial charge in [0.15, 0.2) is 0 Å². The van der Waals surface area contributed by atoms with Crippen molar-refractivity contribution in [2.24, 2.45) is 7.05 Å². The van der Waals surface area contributed by atoms with Crippen molar-refractivity contribution >= 4 is 23.2 Å². The Morgan fingerprint density at radius 3 is 2.56 bits per heavy atom. The molecular weight excluding hydrogens is 247 g/mol. The van der Waals surface area contributed by atoms with Crippen LogP contribution in [0.15, 0.2) is 23.0 Å². The lowest BCUT2D eigenvalue weighted by atomic mass is 10.1. The van der Waals surface area contributed by atoms with Gasteiger partial charge in [-0.15, -0.1) is 0 Å². The van der Waals surface area contributed by atoms with E-state index in [0.717, 1.165) is 5.56 Å². The summed E-state index contributed by atoms with van der Waals surface area (Å²) >= 11 is 12.0. The minimum Gasteiger partial charge on any atom is -0.295 e. The third kappa shape index (κ3) is 1.66. The lowest BCUT2D eigenvalue weighted by Crippen LogP contribution is -2.12. The monoisotopic (exact) mass is 256 g/mol. The molecule has 0 radical (unpaired) electrons. The Morgan fingerprint density at radius 1 is 1.31 bits per heavy atom. The van der Waals surface area contributed by atoms with Gasteiger partial charge in [-0.1, -0.05) is 35.3 Å². The molecule has 2 aromatic rings. The number of nitrogens with zero attached hydrogens (tertiary/aromatic N) is 1. The fourth-order valence-electron chi connectivity index (χ4n) is 1.62. The molecule has 0 saturated carbocycles.